The molecule has 0 radical (unpaired) electrons. The zero-order chi connectivity index (χ0) is 16.3. The molecule has 8 heteroatoms. The number of carbonyl (C=O) groups excluding carboxylic acids is 1. The van der Waals surface area contributed by atoms with Crippen molar-refractivity contribution < 1.29 is 27.1 Å². The standard InChI is InChI=1S/C14H16F4N2O2/c1-2-22-13(21)14(5-3-4-6-14)7-19-10-8(15)11(17)20-12(18)9(10)16/h2-7H2,1H3,(H,19,20). The van der Waals surface area contributed by atoms with Gasteiger partial charge in [0.15, 0.2) is 0 Å². The van der Waals surface area contributed by atoms with Crippen molar-refractivity contribution in [1.29, 1.82) is 0 Å². The quantitative estimate of drug-likeness (QED) is 0.514. The summed E-state index contributed by atoms with van der Waals surface area (Å²) in [5.74, 6) is -7.18. The molecule has 22 heavy (non-hydrogen) atoms. The minimum atomic E-state index is -1.74. The van der Waals surface area contributed by atoms with Gasteiger partial charge in [0.25, 0.3) is 11.9 Å². The molecule has 1 aliphatic carbocycles. The number of hydrogen-bond acceptors (Lipinski definition) is 4. The highest BCUT2D eigenvalue weighted by Crippen LogP contribution is 2.40. The first-order chi connectivity index (χ1) is 10.4. The average molecular weight is 320 g/mol. The highest BCUT2D eigenvalue weighted by atomic mass is 19.2. The van der Waals surface area contributed by atoms with Crippen LogP contribution in [-0.2, 0) is 9.53 Å². The first kappa shape index (κ1) is 16.5. The Bertz CT molecular complexity index is 548. The lowest BCUT2D eigenvalue weighted by atomic mass is 9.86. The zero-order valence-corrected chi connectivity index (χ0v) is 12.0. The summed E-state index contributed by atoms with van der Waals surface area (Å²) in [5, 5.41) is 2.31. The molecule has 1 fully saturated rings. The van der Waals surface area contributed by atoms with Gasteiger partial charge in [0.2, 0.25) is 11.6 Å². The van der Waals surface area contributed by atoms with Gasteiger partial charge in [-0.25, -0.2) is 0 Å². The molecule has 0 unspecified atom stereocenters. The molecule has 1 aliphatic rings. The predicted molar refractivity (Wildman–Crippen MR) is 70.1 cm³/mol. The van der Waals surface area contributed by atoms with Crippen LogP contribution < -0.4 is 5.32 Å². The molecule has 2 rings (SSSR count). The molecule has 1 heterocycles. The summed E-state index contributed by atoms with van der Waals surface area (Å²) in [6.07, 6.45) is 2.51. The Morgan fingerprint density at radius 2 is 1.73 bits per heavy atom. The Balaban J connectivity index is 2.22. The summed E-state index contributed by atoms with van der Waals surface area (Å²) >= 11 is 0. The molecule has 1 saturated carbocycles. The highest BCUT2D eigenvalue weighted by Gasteiger charge is 2.42. The second kappa shape index (κ2) is 6.50. The van der Waals surface area contributed by atoms with E-state index in [0.717, 1.165) is 12.8 Å². The lowest BCUT2D eigenvalue weighted by Crippen LogP contribution is -2.37. The minimum Gasteiger partial charge on any atom is -0.466 e. The van der Waals surface area contributed by atoms with E-state index < -0.39 is 40.6 Å². The number of hydrogen-bond donors (Lipinski definition) is 1. The Labute approximate surface area is 124 Å². The van der Waals surface area contributed by atoms with Crippen molar-refractivity contribution in [3.05, 3.63) is 23.5 Å². The number of rotatable bonds is 5. The summed E-state index contributed by atoms with van der Waals surface area (Å²) in [7, 11) is 0. The topological polar surface area (TPSA) is 51.2 Å². The molecule has 0 atom stereocenters. The Kier molecular flexibility index (Phi) is 4.87. The fraction of sp³-hybridized carbons (Fsp3) is 0.571. The van der Waals surface area contributed by atoms with Crippen molar-refractivity contribution in [2.45, 2.75) is 32.6 Å². The van der Waals surface area contributed by atoms with Crippen LogP contribution in [0.4, 0.5) is 23.2 Å². The van der Waals surface area contributed by atoms with Gasteiger partial charge in [-0.1, -0.05) is 12.8 Å². The molecule has 4 nitrogen and oxygen atoms in total. The monoisotopic (exact) mass is 320 g/mol. The van der Waals surface area contributed by atoms with E-state index in [0.29, 0.717) is 12.8 Å². The molecular formula is C14H16F4N2O2. The van der Waals surface area contributed by atoms with E-state index in [-0.39, 0.29) is 13.2 Å². The lowest BCUT2D eigenvalue weighted by Gasteiger charge is -2.27. The van der Waals surface area contributed by atoms with Gasteiger partial charge in [-0.2, -0.15) is 22.5 Å². The summed E-state index contributed by atoms with van der Waals surface area (Å²) in [6.45, 7) is 1.67. The van der Waals surface area contributed by atoms with Crippen LogP contribution in [-0.4, -0.2) is 24.1 Å². The number of nitrogens with zero attached hydrogens (tertiary/aromatic N) is 1. The average Bonchev–Trinajstić information content (AvgIpc) is 2.96. The number of esters is 1. The molecule has 1 aromatic rings. The molecule has 0 bridgehead atoms. The van der Waals surface area contributed by atoms with E-state index in [1.165, 1.54) is 0 Å². The molecule has 122 valence electrons. The van der Waals surface area contributed by atoms with Crippen LogP contribution in [0.3, 0.4) is 0 Å². The Hall–Kier alpha value is -1.86. The fourth-order valence-electron chi connectivity index (χ4n) is 2.69. The molecule has 1 N–H and O–H groups in total. The van der Waals surface area contributed by atoms with Gasteiger partial charge in [0.05, 0.1) is 12.0 Å². The van der Waals surface area contributed by atoms with Crippen molar-refractivity contribution >= 4 is 11.7 Å². The van der Waals surface area contributed by atoms with Gasteiger partial charge < -0.3 is 10.1 Å². The number of ether oxygens (including phenoxy) is 1. The largest absolute Gasteiger partial charge is 0.466 e. The zero-order valence-electron chi connectivity index (χ0n) is 12.0. The normalized spacial score (nSPS) is 16.6. The van der Waals surface area contributed by atoms with Crippen molar-refractivity contribution in [3.8, 4) is 0 Å². The van der Waals surface area contributed by atoms with Crippen molar-refractivity contribution in [3.63, 3.8) is 0 Å². The highest BCUT2D eigenvalue weighted by molar-refractivity contribution is 5.78. The van der Waals surface area contributed by atoms with Crippen LogP contribution in [0, 0.1) is 28.9 Å². The lowest BCUT2D eigenvalue weighted by molar-refractivity contribution is -0.154. The van der Waals surface area contributed by atoms with E-state index in [1.807, 2.05) is 0 Å². The summed E-state index contributed by atoms with van der Waals surface area (Å²) < 4.78 is 58.3. The molecule has 0 aliphatic heterocycles. The number of halogens is 4. The van der Waals surface area contributed by atoms with Gasteiger partial charge in [-0.3, -0.25) is 4.79 Å². The fourth-order valence-corrected chi connectivity index (χ4v) is 2.69. The predicted octanol–water partition coefficient (Wildman–Crippen LogP) is 3.17. The van der Waals surface area contributed by atoms with E-state index in [1.54, 1.807) is 6.92 Å². The van der Waals surface area contributed by atoms with Crippen LogP contribution in [0.5, 0.6) is 0 Å². The molecular weight excluding hydrogens is 304 g/mol. The maximum absolute atomic E-state index is 13.6. The van der Waals surface area contributed by atoms with Gasteiger partial charge in [-0.05, 0) is 19.8 Å². The number of anilines is 1. The number of carbonyl (C=O) groups is 1. The number of aromatic nitrogens is 1. The molecule has 0 aromatic carbocycles. The van der Waals surface area contributed by atoms with Crippen LogP contribution in [0.1, 0.15) is 32.6 Å². The summed E-state index contributed by atoms with van der Waals surface area (Å²) in [6, 6.07) is 0. The molecule has 1 aromatic heterocycles. The van der Waals surface area contributed by atoms with E-state index in [4.69, 9.17) is 4.74 Å². The number of nitrogens with one attached hydrogen (secondary N) is 1. The minimum absolute atomic E-state index is 0.164. The maximum atomic E-state index is 13.6. The maximum Gasteiger partial charge on any atom is 0.313 e. The summed E-state index contributed by atoms with van der Waals surface area (Å²) in [4.78, 5) is 14.6. The van der Waals surface area contributed by atoms with Crippen LogP contribution in [0.25, 0.3) is 0 Å². The van der Waals surface area contributed by atoms with E-state index in [2.05, 4.69) is 10.3 Å². The van der Waals surface area contributed by atoms with E-state index in [9.17, 15) is 22.4 Å². The Morgan fingerprint density at radius 1 is 1.18 bits per heavy atom. The van der Waals surface area contributed by atoms with Crippen LogP contribution >= 0.6 is 0 Å². The third kappa shape index (κ3) is 3.00. The third-order valence-electron chi connectivity index (χ3n) is 3.87. The van der Waals surface area contributed by atoms with Gasteiger partial charge >= 0.3 is 5.97 Å². The van der Waals surface area contributed by atoms with Crippen LogP contribution in [0.2, 0.25) is 0 Å². The third-order valence-corrected chi connectivity index (χ3v) is 3.87. The van der Waals surface area contributed by atoms with Crippen molar-refractivity contribution in [2.75, 3.05) is 18.5 Å². The van der Waals surface area contributed by atoms with Crippen LogP contribution in [0.15, 0.2) is 0 Å². The van der Waals surface area contributed by atoms with Gasteiger partial charge in [0, 0.05) is 6.54 Å². The SMILES string of the molecule is CCOC(=O)C1(CNc2c(F)c(F)nc(F)c2F)CCCC1. The van der Waals surface area contributed by atoms with Crippen molar-refractivity contribution in [1.82, 2.24) is 4.98 Å². The van der Waals surface area contributed by atoms with Gasteiger partial charge in [0.1, 0.15) is 5.69 Å². The second-order valence-electron chi connectivity index (χ2n) is 5.26. The van der Waals surface area contributed by atoms with Crippen molar-refractivity contribution in [2.24, 2.45) is 5.41 Å². The Morgan fingerprint density at radius 3 is 2.23 bits per heavy atom. The molecule has 0 saturated heterocycles. The second-order valence-corrected chi connectivity index (χ2v) is 5.26. The smallest absolute Gasteiger partial charge is 0.313 e. The molecule has 0 amide bonds. The molecule has 0 spiro atoms. The first-order valence-electron chi connectivity index (χ1n) is 7.02. The van der Waals surface area contributed by atoms with Gasteiger partial charge in [-0.15, -0.1) is 0 Å². The number of pyridine rings is 1. The first-order valence-corrected chi connectivity index (χ1v) is 7.02. The summed E-state index contributed by atoms with van der Waals surface area (Å²) in [5.41, 5.74) is -1.90. The van der Waals surface area contributed by atoms with E-state index >= 15 is 0 Å².